The number of nitrogens with one attached hydrogen (secondary N) is 1. The number of rotatable bonds is 16. The lowest BCUT2D eigenvalue weighted by atomic mass is 9.78. The molecule has 0 radical (unpaired) electrons. The lowest BCUT2D eigenvalue weighted by molar-refractivity contribution is -0.804. The van der Waals surface area contributed by atoms with Crippen molar-refractivity contribution in [2.75, 3.05) is 6.54 Å². The number of nitrogens with zero attached hydrogens (tertiary/aromatic N) is 1. The summed E-state index contributed by atoms with van der Waals surface area (Å²) < 4.78 is 0.146. The molecule has 2 heterocycles. The first kappa shape index (κ1) is 28.5. The molecule has 2 aliphatic rings. The Hall–Kier alpha value is -0.740. The SMILES string of the molecule is CCCCCCCCCCCCCCCC[N+]1(C2CC(C)(C)NC(C)(C)C2)C(=O)CCC1=O. The highest BCUT2D eigenvalue weighted by atomic mass is 16.2. The van der Waals surface area contributed by atoms with Gasteiger partial charge in [0, 0.05) is 23.9 Å². The highest BCUT2D eigenvalue weighted by Crippen LogP contribution is 2.39. The smallest absolute Gasteiger partial charge is 0.306 e. The Morgan fingerprint density at radius 3 is 1.42 bits per heavy atom. The minimum Gasteiger partial charge on any atom is -0.306 e. The molecule has 0 aromatic rings. The lowest BCUT2D eigenvalue weighted by Crippen LogP contribution is -2.69. The van der Waals surface area contributed by atoms with Gasteiger partial charge in [0.2, 0.25) is 0 Å². The Balaban J connectivity index is 1.69. The molecule has 0 aromatic carbocycles. The van der Waals surface area contributed by atoms with Gasteiger partial charge < -0.3 is 5.32 Å². The molecule has 192 valence electrons. The molecule has 0 aromatic heterocycles. The first-order chi connectivity index (χ1) is 15.6. The van der Waals surface area contributed by atoms with Gasteiger partial charge in [0.25, 0.3) is 0 Å². The molecule has 2 saturated heterocycles. The van der Waals surface area contributed by atoms with Crippen LogP contribution >= 0.6 is 0 Å². The average Bonchev–Trinajstić information content (AvgIpc) is 3.01. The van der Waals surface area contributed by atoms with Gasteiger partial charge in [-0.1, -0.05) is 84.0 Å². The minimum atomic E-state index is -0.0453. The fourth-order valence-electron chi connectivity index (χ4n) is 6.73. The number of carbonyl (C=O) groups is 2. The van der Waals surface area contributed by atoms with Gasteiger partial charge in [0.1, 0.15) is 6.04 Å². The van der Waals surface area contributed by atoms with E-state index in [0.717, 1.165) is 32.2 Å². The Morgan fingerprint density at radius 2 is 1.03 bits per heavy atom. The molecule has 4 heteroatoms. The fraction of sp³-hybridized carbons (Fsp3) is 0.931. The van der Waals surface area contributed by atoms with Crippen molar-refractivity contribution in [3.63, 3.8) is 0 Å². The van der Waals surface area contributed by atoms with Crippen LogP contribution in [0.5, 0.6) is 0 Å². The summed E-state index contributed by atoms with van der Waals surface area (Å²) in [6.07, 6.45) is 21.3. The summed E-state index contributed by atoms with van der Waals surface area (Å²) in [5.74, 6) is 0.376. The monoisotopic (exact) mass is 463 g/mol. The van der Waals surface area contributed by atoms with E-state index in [1.165, 1.54) is 77.0 Å². The van der Waals surface area contributed by atoms with Crippen LogP contribution in [0.15, 0.2) is 0 Å². The van der Waals surface area contributed by atoms with E-state index < -0.39 is 0 Å². The van der Waals surface area contributed by atoms with E-state index in [4.69, 9.17) is 0 Å². The van der Waals surface area contributed by atoms with Crippen LogP contribution in [0.25, 0.3) is 0 Å². The summed E-state index contributed by atoms with van der Waals surface area (Å²) in [7, 11) is 0. The van der Waals surface area contributed by atoms with E-state index in [2.05, 4.69) is 39.9 Å². The van der Waals surface area contributed by atoms with E-state index in [-0.39, 0.29) is 33.4 Å². The maximum atomic E-state index is 13.1. The zero-order valence-electron chi connectivity index (χ0n) is 22.8. The molecule has 0 atom stereocenters. The predicted molar refractivity (Wildman–Crippen MR) is 139 cm³/mol. The van der Waals surface area contributed by atoms with Gasteiger partial charge in [-0.2, -0.15) is 4.48 Å². The third-order valence-corrected chi connectivity index (χ3v) is 8.10. The fourth-order valence-corrected chi connectivity index (χ4v) is 6.73. The van der Waals surface area contributed by atoms with Crippen molar-refractivity contribution in [2.24, 2.45) is 0 Å². The number of unbranched alkanes of at least 4 members (excludes halogenated alkanes) is 13. The first-order valence-electron chi connectivity index (χ1n) is 14.4. The Bertz CT molecular complexity index is 579. The van der Waals surface area contributed by atoms with Gasteiger partial charge in [0.05, 0.1) is 19.4 Å². The van der Waals surface area contributed by atoms with Crippen LogP contribution in [-0.2, 0) is 9.59 Å². The van der Waals surface area contributed by atoms with Gasteiger partial charge in [-0.25, -0.2) is 9.59 Å². The molecular weight excluding hydrogens is 408 g/mol. The van der Waals surface area contributed by atoms with Gasteiger partial charge in [-0.3, -0.25) is 0 Å². The molecule has 0 aliphatic carbocycles. The number of hydrogen-bond acceptors (Lipinski definition) is 3. The van der Waals surface area contributed by atoms with Gasteiger partial charge in [0.15, 0.2) is 0 Å². The summed E-state index contributed by atoms with van der Waals surface area (Å²) in [4.78, 5) is 26.2. The lowest BCUT2D eigenvalue weighted by Gasteiger charge is -2.50. The van der Waals surface area contributed by atoms with Crippen molar-refractivity contribution in [3.05, 3.63) is 0 Å². The van der Waals surface area contributed by atoms with Crippen molar-refractivity contribution >= 4 is 11.8 Å². The molecule has 1 N–H and O–H groups in total. The van der Waals surface area contributed by atoms with E-state index in [0.29, 0.717) is 12.8 Å². The summed E-state index contributed by atoms with van der Waals surface area (Å²) in [6, 6.07) is 0.126. The number of likely N-dealkylation sites (tertiary alicyclic amines) is 1. The minimum absolute atomic E-state index is 0.0453. The van der Waals surface area contributed by atoms with E-state index in [9.17, 15) is 9.59 Å². The van der Waals surface area contributed by atoms with Crippen molar-refractivity contribution in [1.82, 2.24) is 5.32 Å². The number of carbonyl (C=O) groups excluding carboxylic acids is 2. The van der Waals surface area contributed by atoms with Crippen LogP contribution < -0.4 is 5.32 Å². The molecule has 33 heavy (non-hydrogen) atoms. The van der Waals surface area contributed by atoms with Gasteiger partial charge >= 0.3 is 11.8 Å². The molecule has 2 rings (SSSR count). The second-order valence-electron chi connectivity index (χ2n) is 12.4. The summed E-state index contributed by atoms with van der Waals surface area (Å²) in [5, 5.41) is 3.72. The highest BCUT2D eigenvalue weighted by molar-refractivity contribution is 5.92. The van der Waals surface area contributed by atoms with Crippen molar-refractivity contribution in [1.29, 1.82) is 0 Å². The zero-order valence-corrected chi connectivity index (χ0v) is 22.8. The Kier molecular flexibility index (Phi) is 11.6. The van der Waals surface area contributed by atoms with Gasteiger partial charge in [-0.15, -0.1) is 0 Å². The number of hydrogen-bond donors (Lipinski definition) is 1. The zero-order chi connectivity index (χ0) is 24.4. The second-order valence-corrected chi connectivity index (χ2v) is 12.4. The molecule has 2 aliphatic heterocycles. The normalized spacial score (nSPS) is 22.2. The quantitative estimate of drug-likeness (QED) is 0.147. The number of amides is 2. The molecule has 4 nitrogen and oxygen atoms in total. The summed E-state index contributed by atoms with van der Waals surface area (Å²) in [5.41, 5.74) is -0.0906. The number of quaternary nitrogens is 1. The topological polar surface area (TPSA) is 46.2 Å². The second kappa shape index (κ2) is 13.4. The summed E-state index contributed by atoms with van der Waals surface area (Å²) >= 11 is 0. The van der Waals surface area contributed by atoms with Crippen molar-refractivity contribution < 1.29 is 14.1 Å². The van der Waals surface area contributed by atoms with Crippen molar-refractivity contribution in [2.45, 2.75) is 167 Å². The highest BCUT2D eigenvalue weighted by Gasteiger charge is 2.58. The van der Waals surface area contributed by atoms with Crippen LogP contribution in [0, 0.1) is 0 Å². The van der Waals surface area contributed by atoms with Crippen LogP contribution in [0.4, 0.5) is 0 Å². The largest absolute Gasteiger partial charge is 0.322 e. The molecule has 2 fully saturated rings. The number of piperidine rings is 1. The van der Waals surface area contributed by atoms with E-state index in [1.54, 1.807) is 0 Å². The van der Waals surface area contributed by atoms with Gasteiger partial charge in [-0.05, 0) is 40.5 Å². The number of imide groups is 1. The maximum absolute atomic E-state index is 13.1. The van der Waals surface area contributed by atoms with Crippen LogP contribution in [0.3, 0.4) is 0 Å². The average molecular weight is 464 g/mol. The Labute approximate surface area is 205 Å². The van der Waals surface area contributed by atoms with Crippen molar-refractivity contribution in [3.8, 4) is 0 Å². The molecule has 0 unspecified atom stereocenters. The van der Waals surface area contributed by atoms with Crippen LogP contribution in [-0.4, -0.2) is 40.0 Å². The third-order valence-electron chi connectivity index (χ3n) is 8.10. The third kappa shape index (κ3) is 8.76. The van der Waals surface area contributed by atoms with Crippen LogP contribution in [0.2, 0.25) is 0 Å². The van der Waals surface area contributed by atoms with E-state index in [1.807, 2.05) is 0 Å². The first-order valence-corrected chi connectivity index (χ1v) is 14.4. The predicted octanol–water partition coefficient (Wildman–Crippen LogP) is 7.44. The molecular formula is C29H55N2O2+. The van der Waals surface area contributed by atoms with Crippen LogP contribution in [0.1, 0.15) is 150 Å². The Morgan fingerprint density at radius 1 is 0.667 bits per heavy atom. The standard InChI is InChI=1S/C29H55N2O2/c1-6-7-8-9-10-11-12-13-14-15-16-17-18-19-22-31(26(32)20-21-27(31)33)25-23-28(2,3)30-29(4,5)24-25/h25,30H,6-24H2,1-5H3/q+1. The molecule has 0 bridgehead atoms. The molecule has 0 spiro atoms. The summed E-state index contributed by atoms with van der Waals surface area (Å²) in [6.45, 7) is 11.9. The van der Waals surface area contributed by atoms with E-state index >= 15 is 0 Å². The molecule has 0 saturated carbocycles. The molecule has 2 amide bonds. The maximum Gasteiger partial charge on any atom is 0.322 e.